The molecule has 0 aromatic heterocycles. The topological polar surface area (TPSA) is 55.4 Å². The molecule has 0 bridgehead atoms. The number of sulfonamides is 1. The summed E-state index contributed by atoms with van der Waals surface area (Å²) in [5.74, 6) is 0.747. The molecule has 0 unspecified atom stereocenters. The van der Waals surface area contributed by atoms with E-state index in [-0.39, 0.29) is 10.9 Å². The number of methoxy groups -OCH3 is 1. The Morgan fingerprint density at radius 2 is 1.62 bits per heavy atom. The summed E-state index contributed by atoms with van der Waals surface area (Å²) in [7, 11) is -2.01. The van der Waals surface area contributed by atoms with Crippen LogP contribution in [0, 0.1) is 6.92 Å². The van der Waals surface area contributed by atoms with E-state index in [1.807, 2.05) is 56.3 Å². The highest BCUT2D eigenvalue weighted by atomic mass is 32.2. The summed E-state index contributed by atoms with van der Waals surface area (Å²) < 4.78 is 33.8. The fraction of sp³-hybridized carbons (Fsp3) is 0.238. The van der Waals surface area contributed by atoms with E-state index in [1.54, 1.807) is 25.3 Å². The molecule has 3 aromatic carbocycles. The van der Waals surface area contributed by atoms with Crippen molar-refractivity contribution < 1.29 is 13.2 Å². The van der Waals surface area contributed by atoms with Gasteiger partial charge in [0.1, 0.15) is 5.75 Å². The number of nitrogens with one attached hydrogen (secondary N) is 1. The van der Waals surface area contributed by atoms with Gasteiger partial charge in [0.15, 0.2) is 0 Å². The lowest BCUT2D eigenvalue weighted by Gasteiger charge is -2.18. The van der Waals surface area contributed by atoms with Gasteiger partial charge in [-0.15, -0.1) is 0 Å². The highest BCUT2D eigenvalue weighted by Gasteiger charge is 2.20. The maximum absolute atomic E-state index is 12.9. The van der Waals surface area contributed by atoms with Gasteiger partial charge < -0.3 is 4.74 Å². The number of rotatable bonds is 6. The van der Waals surface area contributed by atoms with Crippen molar-refractivity contribution in [3.05, 3.63) is 71.8 Å². The Labute approximate surface area is 154 Å². The van der Waals surface area contributed by atoms with Gasteiger partial charge in [-0.05, 0) is 53.9 Å². The molecule has 136 valence electrons. The van der Waals surface area contributed by atoms with Gasteiger partial charge >= 0.3 is 0 Å². The van der Waals surface area contributed by atoms with Crippen molar-refractivity contribution in [2.24, 2.45) is 0 Å². The minimum Gasteiger partial charge on any atom is -0.497 e. The van der Waals surface area contributed by atoms with Gasteiger partial charge in [0.2, 0.25) is 10.0 Å². The van der Waals surface area contributed by atoms with Crippen LogP contribution in [0.4, 0.5) is 0 Å². The first kappa shape index (κ1) is 18.4. The Bertz CT molecular complexity index is 1010. The van der Waals surface area contributed by atoms with Crippen molar-refractivity contribution in [2.75, 3.05) is 7.11 Å². The zero-order chi connectivity index (χ0) is 18.7. The van der Waals surface area contributed by atoms with Crippen LogP contribution < -0.4 is 9.46 Å². The summed E-state index contributed by atoms with van der Waals surface area (Å²) in [5, 5.41) is 1.80. The van der Waals surface area contributed by atoms with Crippen LogP contribution in [0.5, 0.6) is 5.75 Å². The second-order valence-electron chi connectivity index (χ2n) is 6.37. The van der Waals surface area contributed by atoms with Crippen molar-refractivity contribution in [3.63, 3.8) is 0 Å². The molecule has 1 N–H and O–H groups in total. The lowest BCUT2D eigenvalue weighted by Crippen LogP contribution is -2.28. The molecule has 0 spiro atoms. The molecule has 0 amide bonds. The summed E-state index contributed by atoms with van der Waals surface area (Å²) in [6.07, 6.45) is 0.674. The van der Waals surface area contributed by atoms with E-state index in [0.29, 0.717) is 6.42 Å². The van der Waals surface area contributed by atoms with Gasteiger partial charge in [-0.3, -0.25) is 0 Å². The lowest BCUT2D eigenvalue weighted by atomic mass is 10.0. The zero-order valence-corrected chi connectivity index (χ0v) is 16.0. The fourth-order valence-electron chi connectivity index (χ4n) is 2.94. The Morgan fingerprint density at radius 1 is 0.962 bits per heavy atom. The summed E-state index contributed by atoms with van der Waals surface area (Å²) in [6, 6.07) is 18.4. The van der Waals surface area contributed by atoms with E-state index < -0.39 is 10.0 Å². The Balaban J connectivity index is 1.91. The maximum Gasteiger partial charge on any atom is 0.241 e. The van der Waals surface area contributed by atoms with Crippen molar-refractivity contribution in [2.45, 2.75) is 31.2 Å². The zero-order valence-electron chi connectivity index (χ0n) is 15.2. The summed E-state index contributed by atoms with van der Waals surface area (Å²) in [6.45, 7) is 3.98. The third-order valence-corrected chi connectivity index (χ3v) is 5.98. The van der Waals surface area contributed by atoms with Gasteiger partial charge in [-0.25, -0.2) is 13.1 Å². The first-order valence-electron chi connectivity index (χ1n) is 8.59. The van der Waals surface area contributed by atoms with Crippen LogP contribution in [0.25, 0.3) is 10.8 Å². The highest BCUT2D eigenvalue weighted by Crippen LogP contribution is 2.25. The molecule has 5 heteroatoms. The molecular weight excluding hydrogens is 346 g/mol. The predicted octanol–water partition coefficient (Wildman–Crippen LogP) is 4.59. The van der Waals surface area contributed by atoms with Crippen LogP contribution in [0.2, 0.25) is 0 Å². The van der Waals surface area contributed by atoms with E-state index >= 15 is 0 Å². The SMILES string of the molecule is CC[C@H](NS(=O)(=O)c1ccc2cc(OC)ccc2c1)c1ccc(C)cc1. The Hall–Kier alpha value is -2.37. The number of fused-ring (bicyclic) bond motifs is 1. The van der Waals surface area contributed by atoms with E-state index in [4.69, 9.17) is 4.74 Å². The van der Waals surface area contributed by atoms with Crippen molar-refractivity contribution in [3.8, 4) is 5.75 Å². The second-order valence-corrected chi connectivity index (χ2v) is 8.08. The van der Waals surface area contributed by atoms with E-state index in [9.17, 15) is 8.42 Å². The van der Waals surface area contributed by atoms with Crippen molar-refractivity contribution in [1.29, 1.82) is 0 Å². The summed E-state index contributed by atoms with van der Waals surface area (Å²) >= 11 is 0. The molecule has 0 saturated carbocycles. The van der Waals surface area contributed by atoms with Gasteiger partial charge in [0.25, 0.3) is 0 Å². The van der Waals surface area contributed by atoms with Crippen LogP contribution in [0.3, 0.4) is 0 Å². The van der Waals surface area contributed by atoms with Crippen molar-refractivity contribution >= 4 is 20.8 Å². The average Bonchev–Trinajstić information content (AvgIpc) is 2.66. The minimum absolute atomic E-state index is 0.257. The van der Waals surface area contributed by atoms with Crippen LogP contribution >= 0.6 is 0 Å². The smallest absolute Gasteiger partial charge is 0.241 e. The van der Waals surface area contributed by atoms with E-state index in [2.05, 4.69) is 4.72 Å². The van der Waals surface area contributed by atoms with E-state index in [1.165, 1.54) is 0 Å². The Kier molecular flexibility index (Phi) is 5.30. The quantitative estimate of drug-likeness (QED) is 0.691. The van der Waals surface area contributed by atoms with Crippen LogP contribution in [0.15, 0.2) is 65.6 Å². The lowest BCUT2D eigenvalue weighted by molar-refractivity contribution is 0.415. The molecule has 0 heterocycles. The summed E-state index contributed by atoms with van der Waals surface area (Å²) in [5.41, 5.74) is 2.11. The maximum atomic E-state index is 12.9. The number of hydrogen-bond acceptors (Lipinski definition) is 3. The van der Waals surface area contributed by atoms with Gasteiger partial charge in [0, 0.05) is 6.04 Å². The fourth-order valence-corrected chi connectivity index (χ4v) is 4.28. The second kappa shape index (κ2) is 7.48. The number of ether oxygens (including phenoxy) is 1. The summed E-state index contributed by atoms with van der Waals surface area (Å²) in [4.78, 5) is 0.265. The average molecular weight is 369 g/mol. The molecule has 0 aliphatic heterocycles. The van der Waals surface area contributed by atoms with Crippen molar-refractivity contribution in [1.82, 2.24) is 4.72 Å². The normalized spacial score (nSPS) is 12.9. The van der Waals surface area contributed by atoms with Crippen LogP contribution in [-0.4, -0.2) is 15.5 Å². The van der Waals surface area contributed by atoms with Gasteiger partial charge in [0.05, 0.1) is 12.0 Å². The molecule has 0 radical (unpaired) electrons. The third kappa shape index (κ3) is 3.89. The van der Waals surface area contributed by atoms with Crippen LogP contribution in [-0.2, 0) is 10.0 Å². The third-order valence-electron chi connectivity index (χ3n) is 4.51. The molecular formula is C21H23NO3S. The molecule has 4 nitrogen and oxygen atoms in total. The number of hydrogen-bond donors (Lipinski definition) is 1. The molecule has 0 aliphatic rings. The predicted molar refractivity (Wildman–Crippen MR) is 105 cm³/mol. The van der Waals surface area contributed by atoms with Crippen LogP contribution in [0.1, 0.15) is 30.5 Å². The molecule has 0 fully saturated rings. The molecule has 3 aromatic rings. The first-order valence-corrected chi connectivity index (χ1v) is 10.1. The Morgan fingerprint density at radius 3 is 2.27 bits per heavy atom. The van der Waals surface area contributed by atoms with Gasteiger partial charge in [-0.2, -0.15) is 0 Å². The van der Waals surface area contributed by atoms with E-state index in [0.717, 1.165) is 27.6 Å². The molecule has 1 atom stereocenters. The minimum atomic E-state index is -3.62. The highest BCUT2D eigenvalue weighted by molar-refractivity contribution is 7.89. The molecule has 0 aliphatic carbocycles. The standard InChI is InChI=1S/C21H23NO3S/c1-4-21(16-7-5-15(2)6-8-16)22-26(23,24)20-12-10-17-13-19(25-3)11-9-18(17)14-20/h5-14,21-22H,4H2,1-3H3/t21-/m0/s1. The number of benzene rings is 3. The molecule has 26 heavy (non-hydrogen) atoms. The molecule has 0 saturated heterocycles. The van der Waals surface area contributed by atoms with Gasteiger partial charge in [-0.1, -0.05) is 48.9 Å². The number of aryl methyl sites for hydroxylation is 1. The first-order chi connectivity index (χ1) is 12.4. The molecule has 3 rings (SSSR count). The largest absolute Gasteiger partial charge is 0.497 e. The monoisotopic (exact) mass is 369 g/mol.